The lowest BCUT2D eigenvalue weighted by molar-refractivity contribution is -0.119. The van der Waals surface area contributed by atoms with Crippen molar-refractivity contribution in [1.82, 2.24) is 0 Å². The van der Waals surface area contributed by atoms with E-state index in [0.29, 0.717) is 0 Å². The highest BCUT2D eigenvalue weighted by atomic mass is 32.2. The number of phenolic OH excluding ortho intramolecular Hbond substituents is 1. The summed E-state index contributed by atoms with van der Waals surface area (Å²) in [5.41, 5.74) is 0.745. The molecule has 0 aromatic heterocycles. The van der Waals surface area contributed by atoms with E-state index in [9.17, 15) is 4.79 Å². The van der Waals surface area contributed by atoms with Gasteiger partial charge in [-0.25, -0.2) is 0 Å². The summed E-state index contributed by atoms with van der Waals surface area (Å²) in [7, 11) is 0. The number of hydrogen-bond acceptors (Lipinski definition) is 3. The van der Waals surface area contributed by atoms with Crippen LogP contribution < -0.4 is 5.32 Å². The first-order chi connectivity index (χ1) is 7.25. The molecule has 1 fully saturated rings. The lowest BCUT2D eigenvalue weighted by atomic mass is 10.1. The van der Waals surface area contributed by atoms with Crippen molar-refractivity contribution >= 4 is 23.4 Å². The van der Waals surface area contributed by atoms with Crippen LogP contribution in [0, 0.1) is 5.92 Å². The minimum absolute atomic E-state index is 0.0886. The van der Waals surface area contributed by atoms with Gasteiger partial charge in [-0.3, -0.25) is 4.79 Å². The summed E-state index contributed by atoms with van der Waals surface area (Å²) in [6, 6.07) is 6.54. The maximum atomic E-state index is 11.7. The molecule has 80 valence electrons. The Morgan fingerprint density at radius 2 is 2.13 bits per heavy atom. The Labute approximate surface area is 92.9 Å². The Hall–Kier alpha value is -1.16. The second-order valence-electron chi connectivity index (χ2n) is 3.60. The molecule has 1 aliphatic rings. The Morgan fingerprint density at radius 3 is 2.73 bits per heavy atom. The molecule has 2 N–H and O–H groups in total. The van der Waals surface area contributed by atoms with E-state index >= 15 is 0 Å². The van der Waals surface area contributed by atoms with Crippen molar-refractivity contribution in [2.75, 3.05) is 16.8 Å². The van der Waals surface area contributed by atoms with E-state index < -0.39 is 0 Å². The highest BCUT2D eigenvalue weighted by Gasteiger charge is 2.22. The predicted octanol–water partition coefficient (Wildman–Crippen LogP) is 2.08. The van der Waals surface area contributed by atoms with Crippen LogP contribution in [-0.4, -0.2) is 22.5 Å². The molecule has 1 amide bonds. The van der Waals surface area contributed by atoms with Crippen LogP contribution in [-0.2, 0) is 4.79 Å². The highest BCUT2D eigenvalue weighted by Crippen LogP contribution is 2.24. The summed E-state index contributed by atoms with van der Waals surface area (Å²) in [6.45, 7) is 0. The molecule has 2 rings (SSSR count). The first-order valence-corrected chi connectivity index (χ1v) is 6.09. The molecular formula is C11H13NO2S. The summed E-state index contributed by atoms with van der Waals surface area (Å²) >= 11 is 1.82. The van der Waals surface area contributed by atoms with Gasteiger partial charge in [-0.1, -0.05) is 0 Å². The number of benzene rings is 1. The molecule has 3 nitrogen and oxygen atoms in total. The smallest absolute Gasteiger partial charge is 0.228 e. The number of carbonyl (C=O) groups is 1. The third-order valence-corrected chi connectivity index (χ3v) is 3.60. The SMILES string of the molecule is O=C(Nc1ccc(O)cc1)C1CCSC1. The van der Waals surface area contributed by atoms with Gasteiger partial charge in [-0.05, 0) is 36.4 Å². The predicted molar refractivity (Wildman–Crippen MR) is 62.2 cm³/mol. The number of aromatic hydroxyl groups is 1. The average Bonchev–Trinajstić information content (AvgIpc) is 2.74. The van der Waals surface area contributed by atoms with Crippen molar-refractivity contribution in [2.45, 2.75) is 6.42 Å². The number of thioether (sulfide) groups is 1. The minimum atomic E-state index is 0.0886. The lowest BCUT2D eigenvalue weighted by Crippen LogP contribution is -2.22. The van der Waals surface area contributed by atoms with E-state index in [1.54, 1.807) is 24.3 Å². The van der Waals surface area contributed by atoms with Gasteiger partial charge < -0.3 is 10.4 Å². The van der Waals surface area contributed by atoms with E-state index in [2.05, 4.69) is 5.32 Å². The van der Waals surface area contributed by atoms with Gasteiger partial charge in [0.2, 0.25) is 5.91 Å². The number of phenols is 1. The van der Waals surface area contributed by atoms with Crippen molar-refractivity contribution in [3.8, 4) is 5.75 Å². The molecule has 1 atom stereocenters. The van der Waals surface area contributed by atoms with E-state index in [-0.39, 0.29) is 17.6 Å². The van der Waals surface area contributed by atoms with Gasteiger partial charge in [0, 0.05) is 17.4 Å². The molecule has 0 spiro atoms. The quantitative estimate of drug-likeness (QED) is 0.755. The number of carbonyl (C=O) groups excluding carboxylic acids is 1. The van der Waals surface area contributed by atoms with Gasteiger partial charge in [0.05, 0.1) is 0 Å². The van der Waals surface area contributed by atoms with Crippen molar-refractivity contribution in [3.05, 3.63) is 24.3 Å². The number of rotatable bonds is 2. The highest BCUT2D eigenvalue weighted by molar-refractivity contribution is 7.99. The standard InChI is InChI=1S/C11H13NO2S/c13-10-3-1-9(2-4-10)12-11(14)8-5-6-15-7-8/h1-4,8,13H,5-7H2,(H,12,14). The molecule has 1 unspecified atom stereocenters. The van der Waals surface area contributed by atoms with Crippen LogP contribution in [0.3, 0.4) is 0 Å². The second-order valence-corrected chi connectivity index (χ2v) is 4.75. The molecule has 0 radical (unpaired) electrons. The summed E-state index contributed by atoms with van der Waals surface area (Å²) < 4.78 is 0. The van der Waals surface area contributed by atoms with Crippen molar-refractivity contribution in [1.29, 1.82) is 0 Å². The summed E-state index contributed by atoms with van der Waals surface area (Å²) in [6.07, 6.45) is 0.967. The van der Waals surface area contributed by atoms with Crippen molar-refractivity contribution < 1.29 is 9.90 Å². The number of anilines is 1. The van der Waals surface area contributed by atoms with Crippen LogP contribution in [0.5, 0.6) is 5.75 Å². The monoisotopic (exact) mass is 223 g/mol. The summed E-state index contributed by atoms with van der Waals surface area (Å²) in [5, 5.41) is 11.9. The van der Waals surface area contributed by atoms with E-state index in [1.165, 1.54) is 0 Å². The van der Waals surface area contributed by atoms with Gasteiger partial charge in [0.1, 0.15) is 5.75 Å². The average molecular weight is 223 g/mol. The van der Waals surface area contributed by atoms with Crippen LogP contribution in [0.2, 0.25) is 0 Å². The molecule has 0 saturated carbocycles. The maximum Gasteiger partial charge on any atom is 0.228 e. The molecule has 1 aromatic carbocycles. The molecule has 0 bridgehead atoms. The normalized spacial score (nSPS) is 20.1. The fourth-order valence-corrected chi connectivity index (χ4v) is 2.75. The zero-order valence-corrected chi connectivity index (χ0v) is 9.09. The molecular weight excluding hydrogens is 210 g/mol. The number of amides is 1. The van der Waals surface area contributed by atoms with Gasteiger partial charge in [-0.2, -0.15) is 11.8 Å². The van der Waals surface area contributed by atoms with Crippen molar-refractivity contribution in [3.63, 3.8) is 0 Å². The van der Waals surface area contributed by atoms with Crippen LogP contribution in [0.25, 0.3) is 0 Å². The molecule has 4 heteroatoms. The zero-order chi connectivity index (χ0) is 10.7. The molecule has 1 heterocycles. The van der Waals surface area contributed by atoms with Crippen LogP contribution in [0.4, 0.5) is 5.69 Å². The van der Waals surface area contributed by atoms with E-state index in [0.717, 1.165) is 23.6 Å². The first-order valence-electron chi connectivity index (χ1n) is 4.93. The Morgan fingerprint density at radius 1 is 1.40 bits per heavy atom. The van der Waals surface area contributed by atoms with Gasteiger partial charge >= 0.3 is 0 Å². The Bertz CT molecular complexity index is 344. The molecule has 15 heavy (non-hydrogen) atoms. The van der Waals surface area contributed by atoms with Crippen LogP contribution >= 0.6 is 11.8 Å². The third-order valence-electron chi connectivity index (χ3n) is 2.44. The summed E-state index contributed by atoms with van der Waals surface area (Å²) in [5.74, 6) is 2.44. The number of hydrogen-bond donors (Lipinski definition) is 2. The molecule has 1 saturated heterocycles. The van der Waals surface area contributed by atoms with Crippen molar-refractivity contribution in [2.24, 2.45) is 5.92 Å². The Kier molecular flexibility index (Phi) is 3.16. The third kappa shape index (κ3) is 2.65. The Balaban J connectivity index is 1.96. The number of nitrogens with one attached hydrogen (secondary N) is 1. The summed E-state index contributed by atoms with van der Waals surface area (Å²) in [4.78, 5) is 11.7. The van der Waals surface area contributed by atoms with Gasteiger partial charge in [-0.15, -0.1) is 0 Å². The van der Waals surface area contributed by atoms with Gasteiger partial charge in [0.15, 0.2) is 0 Å². The second kappa shape index (κ2) is 4.57. The lowest BCUT2D eigenvalue weighted by Gasteiger charge is -2.09. The maximum absolute atomic E-state index is 11.7. The zero-order valence-electron chi connectivity index (χ0n) is 8.27. The molecule has 1 aliphatic heterocycles. The van der Waals surface area contributed by atoms with E-state index in [1.807, 2.05) is 11.8 Å². The molecule has 1 aromatic rings. The fourth-order valence-electron chi connectivity index (χ4n) is 1.53. The van der Waals surface area contributed by atoms with Crippen LogP contribution in [0.1, 0.15) is 6.42 Å². The molecule has 0 aliphatic carbocycles. The fraction of sp³-hybridized carbons (Fsp3) is 0.364. The first kappa shape index (κ1) is 10.4. The topological polar surface area (TPSA) is 49.3 Å². The van der Waals surface area contributed by atoms with E-state index in [4.69, 9.17) is 5.11 Å². The van der Waals surface area contributed by atoms with Crippen LogP contribution in [0.15, 0.2) is 24.3 Å². The van der Waals surface area contributed by atoms with Gasteiger partial charge in [0.25, 0.3) is 0 Å². The minimum Gasteiger partial charge on any atom is -0.508 e. The largest absolute Gasteiger partial charge is 0.508 e.